The number of nitrogens with one attached hydrogen (secondary N) is 1. The lowest BCUT2D eigenvalue weighted by Crippen LogP contribution is -2.36. The molecule has 1 aromatic rings. The molecule has 0 saturated heterocycles. The van der Waals surface area contributed by atoms with Crippen LogP contribution in [0.3, 0.4) is 0 Å². The zero-order chi connectivity index (χ0) is 13.8. The van der Waals surface area contributed by atoms with E-state index in [-0.39, 0.29) is 12.0 Å². The highest BCUT2D eigenvalue weighted by molar-refractivity contribution is 5.82. The number of hydrogen-bond acceptors (Lipinski definition) is 3. The second kappa shape index (κ2) is 6.17. The number of nitrogens with two attached hydrogens (primary N) is 1. The Morgan fingerprint density at radius 2 is 2.11 bits per heavy atom. The highest BCUT2D eigenvalue weighted by Crippen LogP contribution is 2.24. The fourth-order valence-corrected chi connectivity index (χ4v) is 2.51. The van der Waals surface area contributed by atoms with Crippen LogP contribution in [-0.4, -0.2) is 23.7 Å². The van der Waals surface area contributed by atoms with Gasteiger partial charge >= 0.3 is 0 Å². The minimum atomic E-state index is -0.619. The maximum Gasteiger partial charge on any atom is 0.241 e. The third kappa shape index (κ3) is 3.78. The second-order valence-electron chi connectivity index (χ2n) is 5.47. The summed E-state index contributed by atoms with van der Waals surface area (Å²) in [6.45, 7) is 2.61. The van der Waals surface area contributed by atoms with Crippen molar-refractivity contribution in [2.75, 3.05) is 6.54 Å². The van der Waals surface area contributed by atoms with E-state index in [0.717, 1.165) is 30.4 Å². The first-order valence-corrected chi connectivity index (χ1v) is 6.84. The van der Waals surface area contributed by atoms with Crippen LogP contribution in [0.1, 0.15) is 36.4 Å². The van der Waals surface area contributed by atoms with Crippen molar-refractivity contribution in [1.82, 2.24) is 5.32 Å². The van der Waals surface area contributed by atoms with Crippen LogP contribution in [0.5, 0.6) is 0 Å². The molecular formula is C15H22N2O2. The Labute approximate surface area is 114 Å². The number of aryl methyl sites for hydroxylation is 1. The van der Waals surface area contributed by atoms with E-state index in [1.54, 1.807) is 0 Å². The van der Waals surface area contributed by atoms with Gasteiger partial charge in [0.05, 0.1) is 6.10 Å². The quantitative estimate of drug-likeness (QED) is 0.765. The van der Waals surface area contributed by atoms with Gasteiger partial charge in [0.25, 0.3) is 0 Å². The largest absolute Gasteiger partial charge is 0.393 e. The van der Waals surface area contributed by atoms with Gasteiger partial charge in [-0.1, -0.05) is 29.8 Å². The molecule has 19 heavy (non-hydrogen) atoms. The van der Waals surface area contributed by atoms with Crippen LogP contribution in [0, 0.1) is 12.8 Å². The van der Waals surface area contributed by atoms with Crippen LogP contribution >= 0.6 is 0 Å². The number of benzene rings is 1. The summed E-state index contributed by atoms with van der Waals surface area (Å²) in [5.74, 6) is 0.231. The lowest BCUT2D eigenvalue weighted by Gasteiger charge is -2.15. The molecule has 1 aromatic carbocycles. The molecule has 3 unspecified atom stereocenters. The van der Waals surface area contributed by atoms with Crippen LogP contribution in [0.15, 0.2) is 24.3 Å². The standard InChI is InChI=1S/C15H22N2O2/c1-10-2-5-12(6-3-10)14(16)15(19)17-9-11-4-7-13(18)8-11/h2-3,5-6,11,13-14,18H,4,7-9,16H2,1H3,(H,17,19). The number of carbonyl (C=O) groups is 1. The molecule has 3 atom stereocenters. The van der Waals surface area contributed by atoms with Gasteiger partial charge in [0.15, 0.2) is 0 Å². The van der Waals surface area contributed by atoms with Crippen LogP contribution in [0.2, 0.25) is 0 Å². The molecule has 4 N–H and O–H groups in total. The van der Waals surface area contributed by atoms with Crippen LogP contribution in [-0.2, 0) is 4.79 Å². The minimum Gasteiger partial charge on any atom is -0.393 e. The maximum atomic E-state index is 12.0. The van der Waals surface area contributed by atoms with Crippen molar-refractivity contribution in [2.45, 2.75) is 38.3 Å². The van der Waals surface area contributed by atoms with Crippen LogP contribution in [0.4, 0.5) is 0 Å². The van der Waals surface area contributed by atoms with E-state index in [1.165, 1.54) is 0 Å². The second-order valence-corrected chi connectivity index (χ2v) is 5.47. The van der Waals surface area contributed by atoms with Crippen LogP contribution < -0.4 is 11.1 Å². The topological polar surface area (TPSA) is 75.4 Å². The summed E-state index contributed by atoms with van der Waals surface area (Å²) in [7, 11) is 0. The fraction of sp³-hybridized carbons (Fsp3) is 0.533. The lowest BCUT2D eigenvalue weighted by molar-refractivity contribution is -0.122. The normalized spacial score (nSPS) is 24.2. The Hall–Kier alpha value is -1.39. The minimum absolute atomic E-state index is 0.148. The molecular weight excluding hydrogens is 240 g/mol. The van der Waals surface area contributed by atoms with Gasteiger partial charge < -0.3 is 16.2 Å². The molecule has 1 aliphatic rings. The van der Waals surface area contributed by atoms with Crippen molar-refractivity contribution in [3.63, 3.8) is 0 Å². The molecule has 0 bridgehead atoms. The third-order valence-electron chi connectivity index (χ3n) is 3.80. The number of aliphatic hydroxyl groups excluding tert-OH is 1. The molecule has 1 amide bonds. The lowest BCUT2D eigenvalue weighted by atomic mass is 10.0. The molecule has 1 saturated carbocycles. The summed E-state index contributed by atoms with van der Waals surface area (Å²) in [4.78, 5) is 12.0. The van der Waals surface area contributed by atoms with Gasteiger partial charge in [-0.3, -0.25) is 4.79 Å². The van der Waals surface area contributed by atoms with E-state index in [2.05, 4.69) is 5.32 Å². The zero-order valence-electron chi connectivity index (χ0n) is 11.3. The van der Waals surface area contributed by atoms with Gasteiger partial charge in [-0.05, 0) is 37.7 Å². The van der Waals surface area contributed by atoms with E-state index < -0.39 is 6.04 Å². The molecule has 4 heteroatoms. The van der Waals surface area contributed by atoms with Crippen molar-refractivity contribution in [2.24, 2.45) is 11.7 Å². The Morgan fingerprint density at radius 1 is 1.42 bits per heavy atom. The first kappa shape index (κ1) is 14.0. The Balaban J connectivity index is 1.84. The average molecular weight is 262 g/mol. The molecule has 0 spiro atoms. The SMILES string of the molecule is Cc1ccc(C(N)C(=O)NCC2CCC(O)C2)cc1. The summed E-state index contributed by atoms with van der Waals surface area (Å²) >= 11 is 0. The van der Waals surface area contributed by atoms with Crippen molar-refractivity contribution >= 4 is 5.91 Å². The Kier molecular flexibility index (Phi) is 4.56. The van der Waals surface area contributed by atoms with Gasteiger partial charge in [-0.15, -0.1) is 0 Å². The molecule has 104 valence electrons. The average Bonchev–Trinajstić information content (AvgIpc) is 2.82. The predicted molar refractivity (Wildman–Crippen MR) is 74.5 cm³/mol. The summed E-state index contributed by atoms with van der Waals surface area (Å²) in [5.41, 5.74) is 7.92. The highest BCUT2D eigenvalue weighted by Gasteiger charge is 2.24. The summed E-state index contributed by atoms with van der Waals surface area (Å²) in [6, 6.07) is 7.07. The smallest absolute Gasteiger partial charge is 0.241 e. The molecule has 4 nitrogen and oxygen atoms in total. The van der Waals surface area contributed by atoms with Gasteiger partial charge in [0, 0.05) is 6.54 Å². The van der Waals surface area contributed by atoms with Crippen molar-refractivity contribution in [1.29, 1.82) is 0 Å². The van der Waals surface area contributed by atoms with E-state index in [1.807, 2.05) is 31.2 Å². The molecule has 0 radical (unpaired) electrons. The summed E-state index contributed by atoms with van der Waals surface area (Å²) < 4.78 is 0. The third-order valence-corrected chi connectivity index (χ3v) is 3.80. The number of hydrogen-bond donors (Lipinski definition) is 3. The van der Waals surface area contributed by atoms with E-state index in [0.29, 0.717) is 12.5 Å². The first-order chi connectivity index (χ1) is 9.06. The first-order valence-electron chi connectivity index (χ1n) is 6.84. The number of aliphatic hydroxyl groups is 1. The summed E-state index contributed by atoms with van der Waals surface area (Å²) in [5, 5.41) is 12.3. The van der Waals surface area contributed by atoms with Crippen molar-refractivity contribution in [3.8, 4) is 0 Å². The molecule has 2 rings (SSSR count). The number of rotatable bonds is 4. The predicted octanol–water partition coefficient (Wildman–Crippen LogP) is 1.27. The number of carbonyl (C=O) groups excluding carboxylic acids is 1. The van der Waals surface area contributed by atoms with Gasteiger partial charge in [-0.2, -0.15) is 0 Å². The Morgan fingerprint density at radius 3 is 2.68 bits per heavy atom. The van der Waals surface area contributed by atoms with Crippen molar-refractivity contribution < 1.29 is 9.90 Å². The molecule has 1 fully saturated rings. The van der Waals surface area contributed by atoms with E-state index >= 15 is 0 Å². The van der Waals surface area contributed by atoms with Crippen molar-refractivity contribution in [3.05, 3.63) is 35.4 Å². The monoisotopic (exact) mass is 262 g/mol. The summed E-state index contributed by atoms with van der Waals surface area (Å²) in [6.07, 6.45) is 2.39. The van der Waals surface area contributed by atoms with Gasteiger partial charge in [-0.25, -0.2) is 0 Å². The van der Waals surface area contributed by atoms with Gasteiger partial charge in [0.2, 0.25) is 5.91 Å². The molecule has 1 aliphatic carbocycles. The number of amides is 1. The van der Waals surface area contributed by atoms with Gasteiger partial charge in [0.1, 0.15) is 6.04 Å². The van der Waals surface area contributed by atoms with Crippen LogP contribution in [0.25, 0.3) is 0 Å². The highest BCUT2D eigenvalue weighted by atomic mass is 16.3. The Bertz CT molecular complexity index is 430. The molecule has 0 aliphatic heterocycles. The molecule has 0 aromatic heterocycles. The van der Waals surface area contributed by atoms with E-state index in [9.17, 15) is 9.90 Å². The molecule has 0 heterocycles. The zero-order valence-corrected chi connectivity index (χ0v) is 11.3. The maximum absolute atomic E-state index is 12.0. The fourth-order valence-electron chi connectivity index (χ4n) is 2.51. The van der Waals surface area contributed by atoms with E-state index in [4.69, 9.17) is 5.73 Å².